The second kappa shape index (κ2) is 6.39. The zero-order valence-electron chi connectivity index (χ0n) is 14.7. The third kappa shape index (κ3) is 3.25. The molecule has 1 fully saturated rings. The summed E-state index contributed by atoms with van der Waals surface area (Å²) in [5, 5.41) is 4.19. The molecule has 2 aromatic rings. The molecule has 7 heteroatoms. The number of hydrogen-bond donors (Lipinski definition) is 0. The smallest absolute Gasteiger partial charge is 0.370 e. The summed E-state index contributed by atoms with van der Waals surface area (Å²) in [6, 6.07) is 4.13. The van der Waals surface area contributed by atoms with E-state index in [-0.39, 0.29) is 0 Å². The minimum absolute atomic E-state index is 0.570. The lowest BCUT2D eigenvalue weighted by molar-refractivity contribution is -0.138. The number of ether oxygens (including phenoxy) is 1. The van der Waals surface area contributed by atoms with Crippen molar-refractivity contribution in [1.29, 1.82) is 0 Å². The Kier molecular flexibility index (Phi) is 4.31. The first-order valence-corrected chi connectivity index (χ1v) is 8.90. The molecule has 0 radical (unpaired) electrons. The number of rotatable bonds is 2. The Morgan fingerprint density at radius 1 is 1.23 bits per heavy atom. The van der Waals surface area contributed by atoms with E-state index in [9.17, 15) is 13.2 Å². The molecule has 3 heterocycles. The van der Waals surface area contributed by atoms with Gasteiger partial charge in [-0.15, -0.1) is 0 Å². The van der Waals surface area contributed by atoms with Crippen molar-refractivity contribution in [3.05, 3.63) is 52.8 Å². The van der Waals surface area contributed by atoms with Crippen LogP contribution in [0.15, 0.2) is 30.6 Å². The van der Waals surface area contributed by atoms with Crippen LogP contribution in [0, 0.1) is 0 Å². The fourth-order valence-electron chi connectivity index (χ4n) is 4.13. The minimum Gasteiger partial charge on any atom is -0.370 e. The molecule has 4 nitrogen and oxygen atoms in total. The monoisotopic (exact) mass is 365 g/mol. The van der Waals surface area contributed by atoms with E-state index in [4.69, 9.17) is 4.74 Å². The Morgan fingerprint density at radius 2 is 2.00 bits per heavy atom. The van der Waals surface area contributed by atoms with Crippen LogP contribution >= 0.6 is 0 Å². The number of halogens is 3. The molecule has 4 rings (SSSR count). The molecule has 1 saturated heterocycles. The second-order valence-corrected chi connectivity index (χ2v) is 7.26. The van der Waals surface area contributed by atoms with Crippen LogP contribution in [0.4, 0.5) is 13.2 Å². The number of aromatic nitrogens is 2. The lowest BCUT2D eigenvalue weighted by Gasteiger charge is -2.45. The van der Waals surface area contributed by atoms with Gasteiger partial charge in [0.1, 0.15) is 0 Å². The molecule has 26 heavy (non-hydrogen) atoms. The van der Waals surface area contributed by atoms with Gasteiger partial charge < -0.3 is 4.74 Å². The summed E-state index contributed by atoms with van der Waals surface area (Å²) in [7, 11) is 1.89. The van der Waals surface area contributed by atoms with Crippen LogP contribution in [0.2, 0.25) is 0 Å². The van der Waals surface area contributed by atoms with Crippen molar-refractivity contribution in [2.75, 3.05) is 19.7 Å². The normalized spacial score (nSPS) is 20.3. The van der Waals surface area contributed by atoms with Gasteiger partial charge >= 0.3 is 6.18 Å². The Labute approximate surface area is 150 Å². The number of benzene rings is 1. The highest BCUT2D eigenvalue weighted by Gasteiger charge is 2.42. The molecule has 140 valence electrons. The Hall–Kier alpha value is -1.86. The molecule has 0 atom stereocenters. The lowest BCUT2D eigenvalue weighted by Crippen LogP contribution is -2.46. The van der Waals surface area contributed by atoms with Crippen LogP contribution < -0.4 is 0 Å². The second-order valence-electron chi connectivity index (χ2n) is 7.26. The summed E-state index contributed by atoms with van der Waals surface area (Å²) < 4.78 is 47.4. The highest BCUT2D eigenvalue weighted by atomic mass is 19.4. The SMILES string of the molecule is Cn1cc(CN2CCC3(CC2)OCCc2ccc(C(F)(F)F)cc23)cn1. The summed E-state index contributed by atoms with van der Waals surface area (Å²) in [4.78, 5) is 2.31. The molecule has 1 aromatic heterocycles. The van der Waals surface area contributed by atoms with Gasteiger partial charge in [0.2, 0.25) is 0 Å². The van der Waals surface area contributed by atoms with Crippen LogP contribution in [0.5, 0.6) is 0 Å². The molecule has 2 aliphatic rings. The van der Waals surface area contributed by atoms with Crippen LogP contribution in [0.25, 0.3) is 0 Å². The maximum atomic E-state index is 13.2. The third-order valence-electron chi connectivity index (χ3n) is 5.51. The summed E-state index contributed by atoms with van der Waals surface area (Å²) in [6.07, 6.45) is 1.62. The number of aryl methyl sites for hydroxylation is 1. The summed E-state index contributed by atoms with van der Waals surface area (Å²) in [5.41, 5.74) is 1.71. The maximum absolute atomic E-state index is 13.2. The van der Waals surface area contributed by atoms with Crippen molar-refractivity contribution in [3.63, 3.8) is 0 Å². The van der Waals surface area contributed by atoms with Gasteiger partial charge in [-0.25, -0.2) is 0 Å². The van der Waals surface area contributed by atoms with Crippen molar-refractivity contribution in [1.82, 2.24) is 14.7 Å². The molecule has 0 N–H and O–H groups in total. The zero-order chi connectivity index (χ0) is 18.4. The van der Waals surface area contributed by atoms with Gasteiger partial charge in [-0.2, -0.15) is 18.3 Å². The number of piperidine rings is 1. The van der Waals surface area contributed by atoms with Gasteiger partial charge in [0.05, 0.1) is 24.0 Å². The van der Waals surface area contributed by atoms with Gasteiger partial charge in [-0.05, 0) is 42.5 Å². The molecule has 0 unspecified atom stereocenters. The average Bonchev–Trinajstić information content (AvgIpc) is 3.01. The number of hydrogen-bond acceptors (Lipinski definition) is 3. The predicted octanol–water partition coefficient (Wildman–Crippen LogP) is 3.50. The van der Waals surface area contributed by atoms with E-state index in [1.807, 2.05) is 19.4 Å². The molecule has 1 spiro atoms. The van der Waals surface area contributed by atoms with E-state index < -0.39 is 17.3 Å². The van der Waals surface area contributed by atoms with Crippen LogP contribution in [0.3, 0.4) is 0 Å². The first-order chi connectivity index (χ1) is 12.4. The van der Waals surface area contributed by atoms with Crippen molar-refractivity contribution in [3.8, 4) is 0 Å². The van der Waals surface area contributed by atoms with Gasteiger partial charge in [0.15, 0.2) is 0 Å². The molecule has 0 bridgehead atoms. The predicted molar refractivity (Wildman–Crippen MR) is 90.5 cm³/mol. The lowest BCUT2D eigenvalue weighted by atomic mass is 9.78. The molecule has 0 amide bonds. The van der Waals surface area contributed by atoms with Crippen LogP contribution in [0.1, 0.15) is 35.1 Å². The van der Waals surface area contributed by atoms with Gasteiger partial charge in [-0.1, -0.05) is 6.07 Å². The zero-order valence-corrected chi connectivity index (χ0v) is 14.7. The maximum Gasteiger partial charge on any atom is 0.416 e. The van der Waals surface area contributed by atoms with Gasteiger partial charge in [0.25, 0.3) is 0 Å². The number of nitrogens with zero attached hydrogens (tertiary/aromatic N) is 3. The molecule has 0 aliphatic carbocycles. The first kappa shape index (κ1) is 17.5. The van der Waals surface area contributed by atoms with E-state index in [0.717, 1.165) is 36.3 Å². The minimum atomic E-state index is -4.32. The van der Waals surface area contributed by atoms with E-state index in [2.05, 4.69) is 10.00 Å². The highest BCUT2D eigenvalue weighted by molar-refractivity contribution is 5.39. The summed E-state index contributed by atoms with van der Waals surface area (Å²) in [6.45, 7) is 2.97. The molecular formula is C19H22F3N3O. The molecule has 1 aromatic carbocycles. The van der Waals surface area contributed by atoms with Gasteiger partial charge in [-0.3, -0.25) is 9.58 Å². The van der Waals surface area contributed by atoms with Gasteiger partial charge in [0, 0.05) is 38.4 Å². The number of alkyl halides is 3. The van der Waals surface area contributed by atoms with Crippen LogP contribution in [-0.4, -0.2) is 34.4 Å². The van der Waals surface area contributed by atoms with E-state index in [1.165, 1.54) is 12.1 Å². The average molecular weight is 365 g/mol. The van der Waals surface area contributed by atoms with Crippen molar-refractivity contribution < 1.29 is 17.9 Å². The van der Waals surface area contributed by atoms with Crippen molar-refractivity contribution in [2.45, 2.75) is 37.6 Å². The van der Waals surface area contributed by atoms with Crippen molar-refractivity contribution >= 4 is 0 Å². The summed E-state index contributed by atoms with van der Waals surface area (Å²) >= 11 is 0. The summed E-state index contributed by atoms with van der Waals surface area (Å²) in [5.74, 6) is 0. The first-order valence-electron chi connectivity index (χ1n) is 8.90. The number of likely N-dealkylation sites (tertiary alicyclic amines) is 1. The standard InChI is InChI=1S/C19H22F3N3O/c1-24-12-14(11-23-24)13-25-7-5-18(6-8-25)17-10-16(19(20,21)22)3-2-15(17)4-9-26-18/h2-3,10-12H,4-9,13H2,1H3. The van der Waals surface area contributed by atoms with E-state index >= 15 is 0 Å². The van der Waals surface area contributed by atoms with Crippen molar-refractivity contribution in [2.24, 2.45) is 7.05 Å². The Bertz CT molecular complexity index is 792. The Balaban J connectivity index is 1.54. The molecular weight excluding hydrogens is 343 g/mol. The fraction of sp³-hybridized carbons (Fsp3) is 0.526. The third-order valence-corrected chi connectivity index (χ3v) is 5.51. The highest BCUT2D eigenvalue weighted by Crippen LogP contribution is 2.43. The molecule has 0 saturated carbocycles. The largest absolute Gasteiger partial charge is 0.416 e. The van der Waals surface area contributed by atoms with Crippen LogP contribution in [-0.2, 0) is 36.5 Å². The topological polar surface area (TPSA) is 30.3 Å². The molecule has 2 aliphatic heterocycles. The number of fused-ring (bicyclic) bond motifs is 2. The quantitative estimate of drug-likeness (QED) is 0.816. The van der Waals surface area contributed by atoms with E-state index in [0.29, 0.717) is 25.9 Å². The van der Waals surface area contributed by atoms with E-state index in [1.54, 1.807) is 10.7 Å². The Morgan fingerprint density at radius 3 is 2.65 bits per heavy atom. The fourth-order valence-corrected chi connectivity index (χ4v) is 4.13.